The highest BCUT2D eigenvalue weighted by molar-refractivity contribution is 5.85. The fourth-order valence-corrected chi connectivity index (χ4v) is 1.64. The van der Waals surface area contributed by atoms with E-state index in [9.17, 15) is 9.90 Å². The molecule has 0 radical (unpaired) electrons. The van der Waals surface area contributed by atoms with E-state index < -0.39 is 12.2 Å². The molecule has 0 aliphatic carbocycles. The van der Waals surface area contributed by atoms with Crippen molar-refractivity contribution in [1.29, 1.82) is 0 Å². The summed E-state index contributed by atoms with van der Waals surface area (Å²) < 4.78 is 5.37. The summed E-state index contributed by atoms with van der Waals surface area (Å²) in [7, 11) is 0. The van der Waals surface area contributed by atoms with E-state index in [4.69, 9.17) is 4.74 Å². The number of aliphatic hydroxyl groups is 1. The zero-order chi connectivity index (χ0) is 10.1. The van der Waals surface area contributed by atoms with Crippen molar-refractivity contribution in [2.45, 2.75) is 25.6 Å². The Morgan fingerprint density at radius 3 is 2.86 bits per heavy atom. The molecule has 1 aliphatic rings. The van der Waals surface area contributed by atoms with Gasteiger partial charge in [0, 0.05) is 12.0 Å². The van der Waals surface area contributed by atoms with Gasteiger partial charge < -0.3 is 9.84 Å². The lowest BCUT2D eigenvalue weighted by Gasteiger charge is -2.11. The number of hydrogen-bond donors (Lipinski definition) is 1. The van der Waals surface area contributed by atoms with Crippen molar-refractivity contribution < 1.29 is 14.6 Å². The van der Waals surface area contributed by atoms with Crippen molar-refractivity contribution in [3.05, 3.63) is 29.8 Å². The van der Waals surface area contributed by atoms with Crippen LogP contribution in [0.15, 0.2) is 24.3 Å². The van der Waals surface area contributed by atoms with Crippen LogP contribution in [0, 0.1) is 0 Å². The summed E-state index contributed by atoms with van der Waals surface area (Å²) in [5, 5.41) is 9.80. The lowest BCUT2D eigenvalue weighted by molar-refractivity contribution is -0.128. The van der Waals surface area contributed by atoms with Crippen molar-refractivity contribution in [2.75, 3.05) is 0 Å². The summed E-state index contributed by atoms with van der Waals surface area (Å²) >= 11 is 0. The lowest BCUT2D eigenvalue weighted by Crippen LogP contribution is -2.28. The van der Waals surface area contributed by atoms with E-state index in [0.29, 0.717) is 17.7 Å². The Kier molecular flexibility index (Phi) is 2.25. The molecule has 1 N–H and O–H groups in total. The average Bonchev–Trinajstić information content (AvgIpc) is 2.56. The SMILES string of the molecule is CCC(=O)[C@@H]1Oc2ccccc2[C@@H]1O. The molecule has 0 amide bonds. The van der Waals surface area contributed by atoms with Crippen LogP contribution in [-0.2, 0) is 4.79 Å². The zero-order valence-electron chi connectivity index (χ0n) is 7.93. The van der Waals surface area contributed by atoms with E-state index in [1.165, 1.54) is 0 Å². The van der Waals surface area contributed by atoms with Gasteiger partial charge in [-0.1, -0.05) is 25.1 Å². The summed E-state index contributed by atoms with van der Waals surface area (Å²) in [6.45, 7) is 1.77. The molecule has 1 aromatic rings. The Hall–Kier alpha value is -1.35. The van der Waals surface area contributed by atoms with Gasteiger partial charge >= 0.3 is 0 Å². The maximum absolute atomic E-state index is 11.4. The first-order chi connectivity index (χ1) is 6.74. The molecule has 14 heavy (non-hydrogen) atoms. The monoisotopic (exact) mass is 192 g/mol. The van der Waals surface area contributed by atoms with Gasteiger partial charge in [0.25, 0.3) is 0 Å². The number of carbonyl (C=O) groups is 1. The third-order valence-electron chi connectivity index (χ3n) is 2.44. The number of fused-ring (bicyclic) bond motifs is 1. The highest BCUT2D eigenvalue weighted by atomic mass is 16.5. The molecule has 74 valence electrons. The third kappa shape index (κ3) is 1.30. The highest BCUT2D eigenvalue weighted by Gasteiger charge is 2.36. The smallest absolute Gasteiger partial charge is 0.186 e. The first-order valence-electron chi connectivity index (χ1n) is 4.70. The van der Waals surface area contributed by atoms with Crippen molar-refractivity contribution in [3.63, 3.8) is 0 Å². The van der Waals surface area contributed by atoms with Gasteiger partial charge in [0.1, 0.15) is 11.9 Å². The molecule has 0 fully saturated rings. The molecule has 1 aliphatic heterocycles. The molecule has 0 spiro atoms. The predicted molar refractivity (Wildman–Crippen MR) is 51.1 cm³/mol. The number of ether oxygens (including phenoxy) is 1. The second kappa shape index (κ2) is 3.42. The van der Waals surface area contributed by atoms with Crippen LogP contribution < -0.4 is 4.74 Å². The van der Waals surface area contributed by atoms with Crippen molar-refractivity contribution >= 4 is 5.78 Å². The number of ketones is 1. The minimum atomic E-state index is -0.807. The quantitative estimate of drug-likeness (QED) is 0.771. The van der Waals surface area contributed by atoms with Crippen molar-refractivity contribution in [2.24, 2.45) is 0 Å². The van der Waals surface area contributed by atoms with Gasteiger partial charge in [-0.3, -0.25) is 4.79 Å². The van der Waals surface area contributed by atoms with Gasteiger partial charge in [0.05, 0.1) is 0 Å². The van der Waals surface area contributed by atoms with Crippen LogP contribution in [0.2, 0.25) is 0 Å². The van der Waals surface area contributed by atoms with Crippen molar-refractivity contribution in [1.82, 2.24) is 0 Å². The van der Waals surface area contributed by atoms with E-state index >= 15 is 0 Å². The fourth-order valence-electron chi connectivity index (χ4n) is 1.64. The molecule has 1 aromatic carbocycles. The van der Waals surface area contributed by atoms with Crippen molar-refractivity contribution in [3.8, 4) is 5.75 Å². The molecular formula is C11H12O3. The summed E-state index contributed by atoms with van der Waals surface area (Å²) in [6.07, 6.45) is -1.13. The maximum Gasteiger partial charge on any atom is 0.186 e. The second-order valence-electron chi connectivity index (χ2n) is 3.34. The molecule has 0 unspecified atom stereocenters. The number of hydrogen-bond acceptors (Lipinski definition) is 3. The van der Waals surface area contributed by atoms with Gasteiger partial charge in [-0.25, -0.2) is 0 Å². The molecule has 2 rings (SSSR count). The highest BCUT2D eigenvalue weighted by Crippen LogP contribution is 2.36. The molecule has 0 bridgehead atoms. The Labute approximate surface area is 82.3 Å². The minimum absolute atomic E-state index is 0.0614. The second-order valence-corrected chi connectivity index (χ2v) is 3.34. The molecule has 3 nitrogen and oxygen atoms in total. The fraction of sp³-hybridized carbons (Fsp3) is 0.364. The Bertz CT molecular complexity index is 359. The van der Waals surface area contributed by atoms with Crippen LogP contribution in [0.1, 0.15) is 25.0 Å². The number of benzene rings is 1. The first kappa shape index (κ1) is 9.21. The van der Waals surface area contributed by atoms with E-state index in [1.54, 1.807) is 19.1 Å². The summed E-state index contributed by atoms with van der Waals surface area (Å²) in [5.74, 6) is 0.556. The molecular weight excluding hydrogens is 180 g/mol. The van der Waals surface area contributed by atoms with Crippen LogP contribution in [0.25, 0.3) is 0 Å². The molecule has 0 saturated carbocycles. The number of para-hydroxylation sites is 1. The summed E-state index contributed by atoms with van der Waals surface area (Å²) in [6, 6.07) is 7.19. The Morgan fingerprint density at radius 2 is 2.21 bits per heavy atom. The van der Waals surface area contributed by atoms with Crippen LogP contribution >= 0.6 is 0 Å². The summed E-state index contributed by atoms with van der Waals surface area (Å²) in [4.78, 5) is 11.4. The van der Waals surface area contributed by atoms with E-state index in [-0.39, 0.29) is 5.78 Å². The molecule has 1 heterocycles. The topological polar surface area (TPSA) is 46.5 Å². The number of Topliss-reactive ketones (excluding diaryl/α,β-unsaturated/α-hetero) is 1. The van der Waals surface area contributed by atoms with Crippen LogP contribution in [-0.4, -0.2) is 17.0 Å². The Balaban J connectivity index is 2.30. The summed E-state index contributed by atoms with van der Waals surface area (Å²) in [5.41, 5.74) is 0.708. The standard InChI is InChI=1S/C11H12O3/c1-2-8(12)11-10(13)7-5-3-4-6-9(7)14-11/h3-6,10-11,13H,2H2,1H3/t10-,11-/m0/s1. The van der Waals surface area contributed by atoms with Gasteiger partial charge in [0.2, 0.25) is 0 Å². The van der Waals surface area contributed by atoms with Crippen LogP contribution in [0.3, 0.4) is 0 Å². The van der Waals surface area contributed by atoms with Crippen LogP contribution in [0.5, 0.6) is 5.75 Å². The number of aliphatic hydroxyl groups excluding tert-OH is 1. The van der Waals surface area contributed by atoms with Gasteiger partial charge in [-0.15, -0.1) is 0 Å². The zero-order valence-corrected chi connectivity index (χ0v) is 7.93. The Morgan fingerprint density at radius 1 is 1.50 bits per heavy atom. The van der Waals surface area contributed by atoms with Gasteiger partial charge in [-0.2, -0.15) is 0 Å². The van der Waals surface area contributed by atoms with E-state index in [0.717, 1.165) is 0 Å². The number of rotatable bonds is 2. The predicted octanol–water partition coefficient (Wildman–Crippen LogP) is 1.46. The first-order valence-corrected chi connectivity index (χ1v) is 4.70. The van der Waals surface area contributed by atoms with Gasteiger partial charge in [-0.05, 0) is 6.07 Å². The average molecular weight is 192 g/mol. The lowest BCUT2D eigenvalue weighted by atomic mass is 10.0. The van der Waals surface area contributed by atoms with E-state index in [1.807, 2.05) is 12.1 Å². The van der Waals surface area contributed by atoms with Gasteiger partial charge in [0.15, 0.2) is 11.9 Å². The third-order valence-corrected chi connectivity index (χ3v) is 2.44. The minimum Gasteiger partial charge on any atom is -0.479 e. The maximum atomic E-state index is 11.4. The molecule has 0 aromatic heterocycles. The van der Waals surface area contributed by atoms with E-state index in [2.05, 4.69) is 0 Å². The number of carbonyl (C=O) groups excluding carboxylic acids is 1. The molecule has 3 heteroatoms. The largest absolute Gasteiger partial charge is 0.479 e. The molecule has 2 atom stereocenters. The molecule has 0 saturated heterocycles. The normalized spacial score (nSPS) is 24.1. The van der Waals surface area contributed by atoms with Crippen LogP contribution in [0.4, 0.5) is 0 Å².